The minimum Gasteiger partial charge on any atom is -0.489 e. The van der Waals surface area contributed by atoms with Gasteiger partial charge >= 0.3 is 0 Å². The standard InChI is InChI=1S/C31H29FN4O3S/c1-40(37,38)15-14-33-19-22-4-2-6-24(16-22)25-8-13-29-30(18-25)34-21-35-31(29)36-27-9-11-28(12-10-27)39-20-23-5-3-7-26(32)17-23/h2-13,16-18,21,33H,14-15,19-20H2,1H3,(H,34,35,36). The number of hydrogen-bond acceptors (Lipinski definition) is 7. The maximum atomic E-state index is 13.4. The van der Waals surface area contributed by atoms with Crippen LogP contribution >= 0.6 is 0 Å². The predicted molar refractivity (Wildman–Crippen MR) is 157 cm³/mol. The Morgan fingerprint density at radius 2 is 1.62 bits per heavy atom. The summed E-state index contributed by atoms with van der Waals surface area (Å²) in [5.41, 5.74) is 5.56. The first kappa shape index (κ1) is 27.2. The highest BCUT2D eigenvalue weighted by atomic mass is 32.2. The number of rotatable bonds is 11. The van der Waals surface area contributed by atoms with E-state index in [1.54, 1.807) is 6.07 Å². The van der Waals surface area contributed by atoms with Crippen molar-refractivity contribution < 1.29 is 17.5 Å². The lowest BCUT2D eigenvalue weighted by molar-refractivity contribution is 0.305. The Hall–Kier alpha value is -4.34. The van der Waals surface area contributed by atoms with Crippen molar-refractivity contribution in [1.82, 2.24) is 15.3 Å². The summed E-state index contributed by atoms with van der Waals surface area (Å²) in [6, 6.07) is 28.1. The van der Waals surface area contributed by atoms with Crippen LogP contribution < -0.4 is 15.4 Å². The molecule has 204 valence electrons. The maximum Gasteiger partial charge on any atom is 0.148 e. The number of sulfone groups is 1. The normalized spacial score (nSPS) is 11.4. The number of aromatic nitrogens is 2. The van der Waals surface area contributed by atoms with E-state index in [-0.39, 0.29) is 18.2 Å². The first-order valence-electron chi connectivity index (χ1n) is 12.8. The molecule has 5 rings (SSSR count). The number of nitrogens with zero attached hydrogens (tertiary/aromatic N) is 2. The number of anilines is 2. The fourth-order valence-electron chi connectivity index (χ4n) is 4.25. The highest BCUT2D eigenvalue weighted by molar-refractivity contribution is 7.90. The fraction of sp³-hybridized carbons (Fsp3) is 0.161. The monoisotopic (exact) mass is 556 g/mol. The van der Waals surface area contributed by atoms with E-state index < -0.39 is 9.84 Å². The van der Waals surface area contributed by atoms with Gasteiger partial charge in [0.15, 0.2) is 0 Å². The second kappa shape index (κ2) is 12.2. The zero-order valence-corrected chi connectivity index (χ0v) is 22.8. The molecule has 7 nitrogen and oxygen atoms in total. The average molecular weight is 557 g/mol. The van der Waals surface area contributed by atoms with E-state index in [1.165, 1.54) is 24.7 Å². The van der Waals surface area contributed by atoms with Crippen molar-refractivity contribution in [3.8, 4) is 16.9 Å². The molecule has 0 atom stereocenters. The van der Waals surface area contributed by atoms with Crippen LogP contribution in [0, 0.1) is 5.82 Å². The molecule has 0 spiro atoms. The molecule has 0 bridgehead atoms. The zero-order chi connectivity index (χ0) is 28.0. The molecule has 0 aliphatic heterocycles. The van der Waals surface area contributed by atoms with Gasteiger partial charge in [-0.3, -0.25) is 0 Å². The van der Waals surface area contributed by atoms with E-state index in [9.17, 15) is 12.8 Å². The number of fused-ring (bicyclic) bond motifs is 1. The maximum absolute atomic E-state index is 13.4. The molecule has 0 aliphatic carbocycles. The SMILES string of the molecule is CS(=O)(=O)CCNCc1cccc(-c2ccc3c(Nc4ccc(OCc5cccc(F)c5)cc4)ncnc3c2)c1. The van der Waals surface area contributed by atoms with Crippen molar-refractivity contribution in [2.24, 2.45) is 0 Å². The molecular formula is C31H29FN4O3S. The third kappa shape index (κ3) is 7.40. The lowest BCUT2D eigenvalue weighted by Gasteiger charge is -2.11. The van der Waals surface area contributed by atoms with Gasteiger partial charge in [0.25, 0.3) is 0 Å². The summed E-state index contributed by atoms with van der Waals surface area (Å²) in [7, 11) is -2.99. The predicted octanol–water partition coefficient (Wildman–Crippen LogP) is 5.89. The summed E-state index contributed by atoms with van der Waals surface area (Å²) < 4.78 is 41.8. The van der Waals surface area contributed by atoms with Crippen LogP contribution in [0.25, 0.3) is 22.0 Å². The molecule has 1 heterocycles. The molecule has 9 heteroatoms. The Balaban J connectivity index is 1.25. The van der Waals surface area contributed by atoms with Crippen LogP contribution in [0.5, 0.6) is 5.75 Å². The Labute approximate surface area is 233 Å². The van der Waals surface area contributed by atoms with E-state index in [2.05, 4.69) is 26.7 Å². The Kier molecular flexibility index (Phi) is 8.33. The molecule has 0 saturated heterocycles. The van der Waals surface area contributed by atoms with Gasteiger partial charge in [-0.15, -0.1) is 0 Å². The number of halogens is 1. The largest absolute Gasteiger partial charge is 0.489 e. The number of ether oxygens (including phenoxy) is 1. The zero-order valence-electron chi connectivity index (χ0n) is 22.0. The van der Waals surface area contributed by atoms with Crippen molar-refractivity contribution in [1.29, 1.82) is 0 Å². The summed E-state index contributed by atoms with van der Waals surface area (Å²) >= 11 is 0. The average Bonchev–Trinajstić information content (AvgIpc) is 2.95. The van der Waals surface area contributed by atoms with Crippen molar-refractivity contribution in [3.05, 3.63) is 114 Å². The summed E-state index contributed by atoms with van der Waals surface area (Å²) in [5.74, 6) is 1.20. The van der Waals surface area contributed by atoms with E-state index in [0.717, 1.165) is 38.8 Å². The van der Waals surface area contributed by atoms with Crippen LogP contribution in [0.1, 0.15) is 11.1 Å². The molecule has 0 saturated carbocycles. The van der Waals surface area contributed by atoms with Gasteiger partial charge < -0.3 is 15.4 Å². The van der Waals surface area contributed by atoms with Crippen LogP contribution in [0.4, 0.5) is 15.9 Å². The van der Waals surface area contributed by atoms with Gasteiger partial charge in [0.1, 0.15) is 40.2 Å². The van der Waals surface area contributed by atoms with Gasteiger partial charge in [0.05, 0.1) is 11.3 Å². The van der Waals surface area contributed by atoms with Crippen LogP contribution in [-0.2, 0) is 23.0 Å². The van der Waals surface area contributed by atoms with Crippen molar-refractivity contribution >= 4 is 32.2 Å². The molecule has 0 fully saturated rings. The summed E-state index contributed by atoms with van der Waals surface area (Å²) in [4.78, 5) is 8.93. The van der Waals surface area contributed by atoms with Crippen molar-refractivity contribution in [3.63, 3.8) is 0 Å². The van der Waals surface area contributed by atoms with E-state index in [4.69, 9.17) is 4.74 Å². The molecule has 0 radical (unpaired) electrons. The van der Waals surface area contributed by atoms with Gasteiger partial charge in [-0.05, 0) is 76.9 Å². The van der Waals surface area contributed by atoms with Crippen LogP contribution in [0.3, 0.4) is 0 Å². The molecule has 5 aromatic rings. The fourth-order valence-corrected chi connectivity index (χ4v) is 4.77. The van der Waals surface area contributed by atoms with Gasteiger partial charge in [0.2, 0.25) is 0 Å². The van der Waals surface area contributed by atoms with Gasteiger partial charge in [-0.25, -0.2) is 22.8 Å². The van der Waals surface area contributed by atoms with Crippen LogP contribution in [0.2, 0.25) is 0 Å². The Morgan fingerprint density at radius 3 is 2.42 bits per heavy atom. The van der Waals surface area contributed by atoms with E-state index in [1.807, 2.05) is 66.7 Å². The number of nitrogens with one attached hydrogen (secondary N) is 2. The van der Waals surface area contributed by atoms with Crippen LogP contribution in [0.15, 0.2) is 97.3 Å². The molecule has 4 aromatic carbocycles. The molecule has 0 amide bonds. The van der Waals surface area contributed by atoms with Crippen molar-refractivity contribution in [2.45, 2.75) is 13.2 Å². The third-order valence-corrected chi connectivity index (χ3v) is 7.23. The quantitative estimate of drug-likeness (QED) is 0.196. The number of benzene rings is 4. The van der Waals surface area contributed by atoms with E-state index >= 15 is 0 Å². The molecule has 0 aliphatic rings. The lowest BCUT2D eigenvalue weighted by Crippen LogP contribution is -2.21. The Morgan fingerprint density at radius 1 is 0.850 bits per heavy atom. The lowest BCUT2D eigenvalue weighted by atomic mass is 10.0. The second-order valence-electron chi connectivity index (χ2n) is 9.53. The summed E-state index contributed by atoms with van der Waals surface area (Å²) in [6.07, 6.45) is 2.77. The smallest absolute Gasteiger partial charge is 0.148 e. The number of hydrogen-bond donors (Lipinski definition) is 2. The topological polar surface area (TPSA) is 93.2 Å². The van der Waals surface area contributed by atoms with E-state index in [0.29, 0.717) is 24.7 Å². The van der Waals surface area contributed by atoms with Crippen molar-refractivity contribution in [2.75, 3.05) is 23.9 Å². The minimum absolute atomic E-state index is 0.113. The van der Waals surface area contributed by atoms with Gasteiger partial charge in [-0.1, -0.05) is 36.4 Å². The molecule has 0 unspecified atom stereocenters. The molecule has 1 aromatic heterocycles. The first-order chi connectivity index (χ1) is 19.3. The van der Waals surface area contributed by atoms with Gasteiger partial charge in [0, 0.05) is 30.4 Å². The van der Waals surface area contributed by atoms with Gasteiger partial charge in [-0.2, -0.15) is 0 Å². The summed E-state index contributed by atoms with van der Waals surface area (Å²) in [5, 5.41) is 7.43. The second-order valence-corrected chi connectivity index (χ2v) is 11.8. The molecule has 40 heavy (non-hydrogen) atoms. The summed E-state index contributed by atoms with van der Waals surface area (Å²) in [6.45, 7) is 1.28. The third-order valence-electron chi connectivity index (χ3n) is 6.29. The first-order valence-corrected chi connectivity index (χ1v) is 14.9. The molecule has 2 N–H and O–H groups in total. The Bertz CT molecular complexity index is 1730. The van der Waals surface area contributed by atoms with Crippen LogP contribution in [-0.4, -0.2) is 36.9 Å². The highest BCUT2D eigenvalue weighted by Crippen LogP contribution is 2.29. The minimum atomic E-state index is -2.99. The highest BCUT2D eigenvalue weighted by Gasteiger charge is 2.08. The molecular weight excluding hydrogens is 527 g/mol.